The molecule has 0 bridgehead atoms. The van der Waals surface area contributed by atoms with Gasteiger partial charge in [-0.05, 0) is 90.6 Å². The second kappa shape index (κ2) is 9.50. The number of benzene rings is 2. The maximum Gasteiger partial charge on any atom is 0.159 e. The Hall–Kier alpha value is -1.68. The number of unbranched alkanes of at least 4 members (excludes halogenated alkanes) is 3. The number of hydrogen-bond acceptors (Lipinski definition) is 1. The number of fused-ring (bicyclic) bond motifs is 1. The number of aromatic hydroxyl groups is 1. The molecular weight excluding hydrogens is 410 g/mol. The van der Waals surface area contributed by atoms with E-state index in [0.717, 1.165) is 66.1 Å². The molecule has 4 heteroatoms. The lowest BCUT2D eigenvalue weighted by Gasteiger charge is -2.16. The van der Waals surface area contributed by atoms with Crippen molar-refractivity contribution in [2.45, 2.75) is 51.4 Å². The first kappa shape index (κ1) is 20.1. The number of allylic oxidation sites excluding steroid dienone is 2. The van der Waals surface area contributed by atoms with Crippen LogP contribution in [0.15, 0.2) is 36.4 Å². The number of alkyl halides is 1. The van der Waals surface area contributed by atoms with Gasteiger partial charge in [0.05, 0.1) is 0 Å². The van der Waals surface area contributed by atoms with Crippen LogP contribution in [0.25, 0.3) is 11.1 Å². The van der Waals surface area contributed by atoms with Gasteiger partial charge in [0.15, 0.2) is 11.6 Å². The van der Waals surface area contributed by atoms with E-state index in [0.29, 0.717) is 0 Å². The van der Waals surface area contributed by atoms with Gasteiger partial charge in [-0.3, -0.25) is 0 Å². The summed E-state index contributed by atoms with van der Waals surface area (Å²) in [6.07, 6.45) is 8.11. The summed E-state index contributed by atoms with van der Waals surface area (Å²) in [4.78, 5) is 0. The second-order valence-corrected chi connectivity index (χ2v) is 7.93. The summed E-state index contributed by atoms with van der Waals surface area (Å²) in [5.41, 5.74) is 5.38. The Morgan fingerprint density at radius 3 is 2.48 bits per heavy atom. The van der Waals surface area contributed by atoms with Gasteiger partial charge >= 0.3 is 0 Å². The Bertz CT molecular complexity index is 829. The van der Waals surface area contributed by atoms with Crippen molar-refractivity contribution in [1.29, 1.82) is 0 Å². The number of rotatable bonds is 7. The maximum absolute atomic E-state index is 13.9. The van der Waals surface area contributed by atoms with Crippen LogP contribution in [-0.4, -0.2) is 10.4 Å². The molecule has 3 rings (SSSR count). The van der Waals surface area contributed by atoms with Crippen molar-refractivity contribution in [2.24, 2.45) is 0 Å². The highest BCUT2D eigenvalue weighted by molar-refractivity contribution is 9.09. The second-order valence-electron chi connectivity index (χ2n) is 7.13. The molecule has 0 heterocycles. The molecule has 0 aliphatic heterocycles. The lowest BCUT2D eigenvalue weighted by atomic mass is 9.89. The Kier molecular flexibility index (Phi) is 7.06. The topological polar surface area (TPSA) is 20.2 Å². The molecule has 1 nitrogen and oxygen atoms in total. The molecule has 27 heavy (non-hydrogen) atoms. The van der Waals surface area contributed by atoms with E-state index >= 15 is 0 Å². The van der Waals surface area contributed by atoms with Crippen LogP contribution >= 0.6 is 15.9 Å². The predicted molar refractivity (Wildman–Crippen MR) is 111 cm³/mol. The number of halogens is 3. The van der Waals surface area contributed by atoms with E-state index in [1.54, 1.807) is 12.1 Å². The molecular formula is C23H25BrF2O. The molecule has 0 saturated carbocycles. The zero-order valence-corrected chi connectivity index (χ0v) is 17.0. The lowest BCUT2D eigenvalue weighted by molar-refractivity contribution is 0.474. The normalized spacial score (nSPS) is 14.2. The van der Waals surface area contributed by atoms with E-state index in [2.05, 4.69) is 15.9 Å². The quantitative estimate of drug-likeness (QED) is 0.358. The first-order valence-electron chi connectivity index (χ1n) is 9.66. The minimum Gasteiger partial charge on any atom is -0.508 e. The van der Waals surface area contributed by atoms with E-state index in [1.165, 1.54) is 30.5 Å². The highest BCUT2D eigenvalue weighted by atomic mass is 79.9. The van der Waals surface area contributed by atoms with Crippen LogP contribution < -0.4 is 0 Å². The van der Waals surface area contributed by atoms with Gasteiger partial charge in [-0.1, -0.05) is 40.9 Å². The van der Waals surface area contributed by atoms with Gasteiger partial charge in [-0.15, -0.1) is 0 Å². The van der Waals surface area contributed by atoms with Crippen LogP contribution in [0.1, 0.15) is 61.6 Å². The van der Waals surface area contributed by atoms with Gasteiger partial charge in [-0.2, -0.15) is 0 Å². The predicted octanol–water partition coefficient (Wildman–Crippen LogP) is 7.26. The fourth-order valence-corrected chi connectivity index (χ4v) is 4.28. The van der Waals surface area contributed by atoms with Crippen LogP contribution in [0.5, 0.6) is 5.75 Å². The third-order valence-electron chi connectivity index (χ3n) is 5.23. The maximum atomic E-state index is 13.9. The van der Waals surface area contributed by atoms with Crippen molar-refractivity contribution in [3.8, 4) is 5.75 Å². The number of aryl methyl sites for hydroxylation is 1. The molecule has 1 aliphatic carbocycles. The summed E-state index contributed by atoms with van der Waals surface area (Å²) >= 11 is 3.47. The van der Waals surface area contributed by atoms with Gasteiger partial charge < -0.3 is 5.11 Å². The number of hydrogen-bond donors (Lipinski definition) is 1. The third-order valence-corrected chi connectivity index (χ3v) is 5.79. The summed E-state index contributed by atoms with van der Waals surface area (Å²) < 4.78 is 27.3. The smallest absolute Gasteiger partial charge is 0.159 e. The molecule has 0 spiro atoms. The van der Waals surface area contributed by atoms with Gasteiger partial charge in [0.25, 0.3) is 0 Å². The molecule has 0 aromatic heterocycles. The first-order valence-corrected chi connectivity index (χ1v) is 10.8. The van der Waals surface area contributed by atoms with Crippen molar-refractivity contribution < 1.29 is 13.9 Å². The van der Waals surface area contributed by atoms with Gasteiger partial charge in [0.1, 0.15) is 5.75 Å². The molecule has 0 atom stereocenters. The van der Waals surface area contributed by atoms with Crippen LogP contribution in [0, 0.1) is 11.6 Å². The minimum absolute atomic E-state index is 0.279. The Balaban J connectivity index is 2.00. The monoisotopic (exact) mass is 434 g/mol. The highest BCUT2D eigenvalue weighted by Crippen LogP contribution is 2.39. The van der Waals surface area contributed by atoms with E-state index in [9.17, 15) is 13.9 Å². The van der Waals surface area contributed by atoms with E-state index < -0.39 is 11.6 Å². The van der Waals surface area contributed by atoms with Gasteiger partial charge in [0.2, 0.25) is 0 Å². The molecule has 0 unspecified atom stereocenters. The zero-order valence-electron chi connectivity index (χ0n) is 15.4. The molecule has 0 fully saturated rings. The highest BCUT2D eigenvalue weighted by Gasteiger charge is 2.19. The summed E-state index contributed by atoms with van der Waals surface area (Å²) in [7, 11) is 0. The van der Waals surface area contributed by atoms with E-state index in [1.807, 2.05) is 12.1 Å². The molecule has 144 valence electrons. The fraction of sp³-hybridized carbons (Fsp3) is 0.391. The van der Waals surface area contributed by atoms with E-state index in [-0.39, 0.29) is 5.75 Å². The van der Waals surface area contributed by atoms with Crippen molar-refractivity contribution >= 4 is 27.1 Å². The minimum atomic E-state index is -0.811. The van der Waals surface area contributed by atoms with Crippen LogP contribution in [0.2, 0.25) is 0 Å². The largest absolute Gasteiger partial charge is 0.508 e. The first-order chi connectivity index (χ1) is 13.1. The fourth-order valence-electron chi connectivity index (χ4n) is 3.89. The molecule has 2 aromatic carbocycles. The van der Waals surface area contributed by atoms with Gasteiger partial charge in [0, 0.05) is 5.33 Å². The molecule has 0 radical (unpaired) electrons. The standard InChI is InChI=1S/C23H25BrF2O/c24-13-4-2-1-3-7-21-19(17-9-12-22(25)23(26)15-17)8-5-6-16-14-18(27)10-11-20(16)21/h9-12,14-15,27H,1-8,13H2. The summed E-state index contributed by atoms with van der Waals surface area (Å²) in [5, 5.41) is 10.9. The van der Waals surface area contributed by atoms with Gasteiger partial charge in [-0.25, -0.2) is 8.78 Å². The third kappa shape index (κ3) is 4.98. The van der Waals surface area contributed by atoms with Crippen molar-refractivity contribution in [3.63, 3.8) is 0 Å². The molecule has 1 N–H and O–H groups in total. The SMILES string of the molecule is Oc1ccc2c(c1)CCCC(c1ccc(F)c(F)c1)=C2CCCCCCBr. The van der Waals surface area contributed by atoms with E-state index in [4.69, 9.17) is 0 Å². The number of phenols is 1. The summed E-state index contributed by atoms with van der Waals surface area (Å²) in [6.45, 7) is 0. The van der Waals surface area contributed by atoms with Crippen LogP contribution in [-0.2, 0) is 6.42 Å². The molecule has 1 aliphatic rings. The number of phenolic OH excluding ortho intramolecular Hbond substituents is 1. The average molecular weight is 435 g/mol. The average Bonchev–Trinajstić information content (AvgIpc) is 2.83. The van der Waals surface area contributed by atoms with Crippen LogP contribution in [0.3, 0.4) is 0 Å². The zero-order chi connectivity index (χ0) is 19.2. The molecule has 0 amide bonds. The Morgan fingerprint density at radius 1 is 0.889 bits per heavy atom. The lowest BCUT2D eigenvalue weighted by Crippen LogP contribution is -1.96. The van der Waals surface area contributed by atoms with Crippen molar-refractivity contribution in [3.05, 3.63) is 64.7 Å². The Labute approximate surface area is 168 Å². The van der Waals surface area contributed by atoms with Crippen molar-refractivity contribution in [2.75, 3.05) is 5.33 Å². The summed E-state index contributed by atoms with van der Waals surface area (Å²) in [6, 6.07) is 9.76. The van der Waals surface area contributed by atoms with Crippen LogP contribution in [0.4, 0.5) is 8.78 Å². The summed E-state index contributed by atoms with van der Waals surface area (Å²) in [5.74, 6) is -1.33. The Morgan fingerprint density at radius 2 is 1.70 bits per heavy atom. The molecule has 0 saturated heterocycles. The molecule has 2 aromatic rings. The van der Waals surface area contributed by atoms with Crippen molar-refractivity contribution in [1.82, 2.24) is 0 Å².